The summed E-state index contributed by atoms with van der Waals surface area (Å²) in [6.07, 6.45) is 7.25. The Morgan fingerprint density at radius 2 is 2.32 bits per heavy atom. The van der Waals surface area contributed by atoms with Gasteiger partial charge in [-0.3, -0.25) is 15.6 Å². The largest absolute Gasteiger partial charge is 0.351 e. The van der Waals surface area contributed by atoms with E-state index in [1.165, 1.54) is 19.3 Å². The van der Waals surface area contributed by atoms with Crippen molar-refractivity contribution < 1.29 is 4.79 Å². The van der Waals surface area contributed by atoms with Crippen LogP contribution in [-0.2, 0) is 0 Å². The smallest absolute Gasteiger partial charge is 0.255 e. The lowest BCUT2D eigenvalue weighted by atomic mass is 9.84. The van der Waals surface area contributed by atoms with Gasteiger partial charge in [0.2, 0.25) is 0 Å². The first kappa shape index (κ1) is 14.1. The van der Waals surface area contributed by atoms with Gasteiger partial charge in [-0.25, -0.2) is 0 Å². The van der Waals surface area contributed by atoms with Gasteiger partial charge in [0.25, 0.3) is 5.91 Å². The zero-order chi connectivity index (χ0) is 13.9. The zero-order valence-electron chi connectivity index (χ0n) is 11.3. The molecule has 6 heteroatoms. The lowest BCUT2D eigenvalue weighted by Crippen LogP contribution is -2.45. The van der Waals surface area contributed by atoms with E-state index in [4.69, 9.17) is 5.84 Å². The van der Waals surface area contributed by atoms with Crippen LogP contribution in [0.4, 0.5) is 5.69 Å². The molecule has 1 aromatic heterocycles. The van der Waals surface area contributed by atoms with E-state index in [2.05, 4.69) is 22.0 Å². The Labute approximate surface area is 117 Å². The SMILES string of the molecule is CSC1(CNC(=O)c2cnc(C)cc2NN)CCC1. The van der Waals surface area contributed by atoms with Gasteiger partial charge in [0.1, 0.15) is 0 Å². The van der Waals surface area contributed by atoms with E-state index in [-0.39, 0.29) is 10.7 Å². The third-order valence-corrected chi connectivity index (χ3v) is 5.13. The fourth-order valence-corrected chi connectivity index (χ4v) is 3.13. The number of hydrogen-bond donors (Lipinski definition) is 3. The molecule has 2 rings (SSSR count). The number of nitrogen functional groups attached to an aromatic ring is 1. The third kappa shape index (κ3) is 3.01. The quantitative estimate of drug-likeness (QED) is 0.565. The Balaban J connectivity index is 2.03. The van der Waals surface area contributed by atoms with E-state index < -0.39 is 0 Å². The van der Waals surface area contributed by atoms with Gasteiger partial charge < -0.3 is 10.7 Å². The highest BCUT2D eigenvalue weighted by atomic mass is 32.2. The van der Waals surface area contributed by atoms with Crippen molar-refractivity contribution in [1.29, 1.82) is 0 Å². The van der Waals surface area contributed by atoms with E-state index in [0.717, 1.165) is 5.69 Å². The van der Waals surface area contributed by atoms with Crippen molar-refractivity contribution in [2.45, 2.75) is 30.9 Å². The van der Waals surface area contributed by atoms with Crippen LogP contribution in [0.25, 0.3) is 0 Å². The number of aryl methyl sites for hydroxylation is 1. The maximum atomic E-state index is 12.2. The standard InChI is InChI=1S/C13H20N4OS/c1-9-6-11(17-14)10(7-15-9)12(18)16-8-13(19-2)4-3-5-13/h6-7H,3-5,8,14H2,1-2H3,(H,15,17)(H,16,18). The number of rotatable bonds is 5. The number of hydrogen-bond acceptors (Lipinski definition) is 5. The van der Waals surface area contributed by atoms with Crippen LogP contribution >= 0.6 is 11.8 Å². The van der Waals surface area contributed by atoms with Gasteiger partial charge in [0.15, 0.2) is 0 Å². The number of carbonyl (C=O) groups excluding carboxylic acids is 1. The molecule has 0 spiro atoms. The summed E-state index contributed by atoms with van der Waals surface area (Å²) in [5, 5.41) is 2.99. The Morgan fingerprint density at radius 1 is 1.58 bits per heavy atom. The average Bonchev–Trinajstić information content (AvgIpc) is 2.37. The van der Waals surface area contributed by atoms with Crippen LogP contribution in [0, 0.1) is 6.92 Å². The minimum atomic E-state index is -0.124. The molecule has 5 nitrogen and oxygen atoms in total. The van der Waals surface area contributed by atoms with Gasteiger partial charge in [0.05, 0.1) is 11.3 Å². The summed E-state index contributed by atoms with van der Waals surface area (Å²) >= 11 is 1.84. The molecule has 0 atom stereocenters. The summed E-state index contributed by atoms with van der Waals surface area (Å²) in [6.45, 7) is 2.56. The van der Waals surface area contributed by atoms with Crippen molar-refractivity contribution >= 4 is 23.4 Å². The van der Waals surface area contributed by atoms with Crippen molar-refractivity contribution in [3.05, 3.63) is 23.5 Å². The van der Waals surface area contributed by atoms with Crippen LogP contribution in [0.1, 0.15) is 35.3 Å². The normalized spacial score (nSPS) is 16.6. The van der Waals surface area contributed by atoms with E-state index in [9.17, 15) is 4.79 Å². The van der Waals surface area contributed by atoms with Crippen molar-refractivity contribution in [1.82, 2.24) is 10.3 Å². The number of thioether (sulfide) groups is 1. The van der Waals surface area contributed by atoms with Gasteiger partial charge in [-0.1, -0.05) is 6.42 Å². The molecule has 0 radical (unpaired) electrons. The summed E-state index contributed by atoms with van der Waals surface area (Å²) in [4.78, 5) is 16.3. The number of nitrogens with one attached hydrogen (secondary N) is 2. The highest BCUT2D eigenvalue weighted by Crippen LogP contribution is 2.42. The Hall–Kier alpha value is -1.27. The maximum absolute atomic E-state index is 12.2. The van der Waals surface area contributed by atoms with E-state index in [1.807, 2.05) is 18.7 Å². The summed E-state index contributed by atoms with van der Waals surface area (Å²) < 4.78 is 0.226. The lowest BCUT2D eigenvalue weighted by molar-refractivity contribution is 0.0944. The second kappa shape index (κ2) is 5.79. The number of hydrazine groups is 1. The topological polar surface area (TPSA) is 80.0 Å². The summed E-state index contributed by atoms with van der Waals surface area (Å²) in [5.74, 6) is 5.32. The first-order valence-corrected chi connectivity index (χ1v) is 7.59. The summed E-state index contributed by atoms with van der Waals surface area (Å²) in [7, 11) is 0. The van der Waals surface area contributed by atoms with Gasteiger partial charge in [0, 0.05) is 23.2 Å². The number of nitrogens with two attached hydrogens (primary N) is 1. The molecule has 0 aromatic carbocycles. The van der Waals surface area contributed by atoms with Gasteiger partial charge in [-0.05, 0) is 32.1 Å². The predicted molar refractivity (Wildman–Crippen MR) is 79.2 cm³/mol. The minimum absolute atomic E-state index is 0.124. The molecule has 1 amide bonds. The lowest BCUT2D eigenvalue weighted by Gasteiger charge is -2.40. The third-order valence-electron chi connectivity index (χ3n) is 3.71. The maximum Gasteiger partial charge on any atom is 0.255 e. The molecule has 1 saturated carbocycles. The highest BCUT2D eigenvalue weighted by Gasteiger charge is 2.36. The van der Waals surface area contributed by atoms with Crippen LogP contribution in [0.3, 0.4) is 0 Å². The number of aromatic nitrogens is 1. The molecule has 4 N–H and O–H groups in total. The fourth-order valence-electron chi connectivity index (χ4n) is 2.22. The van der Waals surface area contributed by atoms with E-state index in [0.29, 0.717) is 17.8 Å². The molecule has 104 valence electrons. The molecule has 0 unspecified atom stereocenters. The molecule has 0 aliphatic heterocycles. The van der Waals surface area contributed by atoms with Crippen molar-refractivity contribution in [3.8, 4) is 0 Å². The molecule has 0 bridgehead atoms. The van der Waals surface area contributed by atoms with Crippen LogP contribution in [-0.4, -0.2) is 28.4 Å². The number of carbonyl (C=O) groups is 1. The first-order chi connectivity index (χ1) is 9.10. The van der Waals surface area contributed by atoms with E-state index >= 15 is 0 Å². The molecule has 1 heterocycles. The number of pyridine rings is 1. The zero-order valence-corrected chi connectivity index (χ0v) is 12.1. The molecular formula is C13H20N4OS. The summed E-state index contributed by atoms with van der Waals surface area (Å²) in [5.41, 5.74) is 4.47. The van der Waals surface area contributed by atoms with Crippen LogP contribution < -0.4 is 16.6 Å². The monoisotopic (exact) mass is 280 g/mol. The highest BCUT2D eigenvalue weighted by molar-refractivity contribution is 8.00. The van der Waals surface area contributed by atoms with Gasteiger partial charge in [-0.2, -0.15) is 11.8 Å². The Bertz CT molecular complexity index is 468. The number of nitrogens with zero attached hydrogens (tertiary/aromatic N) is 1. The molecule has 1 aromatic rings. The van der Waals surface area contributed by atoms with Gasteiger partial charge >= 0.3 is 0 Å². The van der Waals surface area contributed by atoms with Gasteiger partial charge in [-0.15, -0.1) is 0 Å². The van der Waals surface area contributed by atoms with Crippen molar-refractivity contribution in [3.63, 3.8) is 0 Å². The molecule has 1 fully saturated rings. The fraction of sp³-hybridized carbons (Fsp3) is 0.538. The predicted octanol–water partition coefficient (Wildman–Crippen LogP) is 1.69. The average molecular weight is 280 g/mol. The Morgan fingerprint density at radius 3 is 2.84 bits per heavy atom. The summed E-state index contributed by atoms with van der Waals surface area (Å²) in [6, 6.07) is 1.77. The molecule has 1 aliphatic rings. The van der Waals surface area contributed by atoms with Crippen LogP contribution in [0.5, 0.6) is 0 Å². The van der Waals surface area contributed by atoms with Crippen LogP contribution in [0.15, 0.2) is 12.3 Å². The molecule has 1 aliphatic carbocycles. The first-order valence-electron chi connectivity index (χ1n) is 6.37. The van der Waals surface area contributed by atoms with Crippen LogP contribution in [0.2, 0.25) is 0 Å². The second-order valence-electron chi connectivity index (χ2n) is 4.94. The Kier molecular flexibility index (Phi) is 4.31. The molecule has 0 saturated heterocycles. The molecule has 19 heavy (non-hydrogen) atoms. The number of anilines is 1. The van der Waals surface area contributed by atoms with E-state index in [1.54, 1.807) is 12.3 Å². The number of amides is 1. The molecular weight excluding hydrogens is 260 g/mol. The minimum Gasteiger partial charge on any atom is -0.351 e. The van der Waals surface area contributed by atoms with Crippen molar-refractivity contribution in [2.24, 2.45) is 5.84 Å². The van der Waals surface area contributed by atoms with Crippen molar-refractivity contribution in [2.75, 3.05) is 18.2 Å². The second-order valence-corrected chi connectivity index (χ2v) is 6.21.